The first-order valence-corrected chi connectivity index (χ1v) is 6.54. The van der Waals surface area contributed by atoms with Gasteiger partial charge in [-0.2, -0.15) is 0 Å². The van der Waals surface area contributed by atoms with E-state index in [2.05, 4.69) is 18.8 Å². The second-order valence-corrected chi connectivity index (χ2v) is 3.43. The average molecular weight is 259 g/mol. The highest BCUT2D eigenvalue weighted by Gasteiger charge is 2.06. The summed E-state index contributed by atoms with van der Waals surface area (Å²) >= 11 is 0. The molecule has 0 rings (SSSR count). The quantitative estimate of drug-likeness (QED) is 0.720. The number of aliphatic hydroxyl groups is 1. The number of amides is 1. The van der Waals surface area contributed by atoms with Crippen LogP contribution in [0.4, 0.5) is 0 Å². The maximum absolute atomic E-state index is 10.7. The Hall–Kier alpha value is -1.16. The summed E-state index contributed by atoms with van der Waals surface area (Å²) in [6, 6.07) is 0.236. The van der Waals surface area contributed by atoms with Crippen LogP contribution in [-0.2, 0) is 9.59 Å². The molecule has 0 aromatic carbocycles. The number of nitrogens with one attached hydrogen (secondary N) is 1. The molecular formula is C14H29NO3. The Morgan fingerprint density at radius 2 is 1.78 bits per heavy atom. The second kappa shape index (κ2) is 18.2. The number of carbonyl (C=O) groups is 2. The minimum absolute atomic E-state index is 0.0185. The molecule has 108 valence electrons. The van der Waals surface area contributed by atoms with Crippen molar-refractivity contribution in [2.75, 3.05) is 6.61 Å². The monoisotopic (exact) mass is 259 g/mol. The Bertz CT molecular complexity index is 215. The topological polar surface area (TPSA) is 66.4 Å². The smallest absolute Gasteiger partial charge is 0.245 e. The molecular weight excluding hydrogens is 230 g/mol. The van der Waals surface area contributed by atoms with Gasteiger partial charge >= 0.3 is 0 Å². The van der Waals surface area contributed by atoms with Gasteiger partial charge in [0.1, 0.15) is 6.61 Å². The van der Waals surface area contributed by atoms with Gasteiger partial charge in [-0.3, -0.25) is 9.59 Å². The van der Waals surface area contributed by atoms with E-state index in [4.69, 9.17) is 5.11 Å². The molecule has 18 heavy (non-hydrogen) atoms. The Balaban J connectivity index is -0.000000270. The molecule has 0 unspecified atom stereocenters. The van der Waals surface area contributed by atoms with E-state index in [0.717, 1.165) is 19.3 Å². The Labute approximate surface area is 111 Å². The van der Waals surface area contributed by atoms with Crippen molar-refractivity contribution in [3.8, 4) is 0 Å². The van der Waals surface area contributed by atoms with Crippen LogP contribution in [0.15, 0.2) is 12.7 Å². The fourth-order valence-electron chi connectivity index (χ4n) is 1.00. The van der Waals surface area contributed by atoms with E-state index < -0.39 is 6.61 Å². The number of hydrogen-bond donors (Lipinski definition) is 2. The maximum atomic E-state index is 10.7. The van der Waals surface area contributed by atoms with Crippen LogP contribution in [0.25, 0.3) is 0 Å². The lowest BCUT2D eigenvalue weighted by Crippen LogP contribution is -2.35. The first-order valence-electron chi connectivity index (χ1n) is 6.54. The Morgan fingerprint density at radius 1 is 1.33 bits per heavy atom. The third-order valence-corrected chi connectivity index (χ3v) is 1.93. The fourth-order valence-corrected chi connectivity index (χ4v) is 1.00. The van der Waals surface area contributed by atoms with Crippen molar-refractivity contribution in [3.63, 3.8) is 0 Å². The molecule has 0 aromatic rings. The summed E-state index contributed by atoms with van der Waals surface area (Å²) in [6.45, 7) is 12.4. The largest absolute Gasteiger partial charge is 0.387 e. The molecule has 0 heterocycles. The molecule has 4 nitrogen and oxygen atoms in total. The van der Waals surface area contributed by atoms with Crippen LogP contribution >= 0.6 is 0 Å². The van der Waals surface area contributed by atoms with E-state index in [-0.39, 0.29) is 17.7 Å². The van der Waals surface area contributed by atoms with Crippen molar-refractivity contribution < 1.29 is 14.7 Å². The zero-order chi connectivity index (χ0) is 15.0. The molecule has 0 saturated heterocycles. The van der Waals surface area contributed by atoms with Gasteiger partial charge < -0.3 is 10.4 Å². The number of allylic oxidation sites excluding steroid dienone is 1. The summed E-state index contributed by atoms with van der Waals surface area (Å²) in [5.41, 5.74) is 0. The first-order chi connectivity index (χ1) is 8.51. The minimum Gasteiger partial charge on any atom is -0.387 e. The van der Waals surface area contributed by atoms with E-state index in [9.17, 15) is 9.59 Å². The van der Waals surface area contributed by atoms with Gasteiger partial charge in [0.15, 0.2) is 5.78 Å². The highest BCUT2D eigenvalue weighted by Crippen LogP contribution is 1.99. The number of hydrogen-bond acceptors (Lipinski definition) is 3. The van der Waals surface area contributed by atoms with Crippen molar-refractivity contribution in [2.24, 2.45) is 0 Å². The normalized spacial score (nSPS) is 9.89. The predicted octanol–water partition coefficient (Wildman–Crippen LogP) is 2.46. The average Bonchev–Trinajstić information content (AvgIpc) is 2.40. The number of ketones is 1. The molecule has 0 aliphatic carbocycles. The van der Waals surface area contributed by atoms with Gasteiger partial charge in [0.25, 0.3) is 0 Å². The number of rotatable bonds is 6. The molecule has 0 aliphatic heterocycles. The standard InChI is InChI=1S/C8H17NO2.C4H6O.C2H6/c1-3-5-7(4-2)9-8(11)6-10;1-3-4(2)5;1-2/h7,10H,3-6H2,1-2H3,(H,9,11);3H,1H2,2H3;1-2H3/t7-;;/m0../s1. The summed E-state index contributed by atoms with van der Waals surface area (Å²) in [7, 11) is 0. The molecule has 1 amide bonds. The minimum atomic E-state index is -0.403. The van der Waals surface area contributed by atoms with Crippen LogP contribution in [0.2, 0.25) is 0 Å². The Morgan fingerprint density at radius 3 is 2.00 bits per heavy atom. The van der Waals surface area contributed by atoms with Crippen molar-refractivity contribution in [1.82, 2.24) is 5.32 Å². The number of carbonyl (C=O) groups excluding carboxylic acids is 2. The summed E-state index contributed by atoms with van der Waals surface area (Å²) in [5.74, 6) is -0.254. The molecule has 0 fully saturated rings. The molecule has 0 aromatic heterocycles. The first kappa shape index (κ1) is 22.1. The van der Waals surface area contributed by atoms with E-state index in [1.807, 2.05) is 20.8 Å². The van der Waals surface area contributed by atoms with Crippen LogP contribution in [0.3, 0.4) is 0 Å². The lowest BCUT2D eigenvalue weighted by Gasteiger charge is -2.14. The van der Waals surface area contributed by atoms with Crippen molar-refractivity contribution >= 4 is 11.7 Å². The third kappa shape index (κ3) is 20.3. The summed E-state index contributed by atoms with van der Waals surface area (Å²) < 4.78 is 0. The molecule has 0 aliphatic rings. The Kier molecular flexibility index (Phi) is 22.3. The van der Waals surface area contributed by atoms with Gasteiger partial charge in [0.05, 0.1) is 0 Å². The molecule has 0 spiro atoms. The van der Waals surface area contributed by atoms with Gasteiger partial charge in [-0.15, -0.1) is 0 Å². The highest BCUT2D eigenvalue weighted by atomic mass is 16.3. The van der Waals surface area contributed by atoms with E-state index in [0.29, 0.717) is 0 Å². The SMILES string of the molecule is C=CC(C)=O.CC.CCC[C@H](CC)NC(=O)CO. The van der Waals surface area contributed by atoms with Crippen molar-refractivity contribution in [1.29, 1.82) is 0 Å². The van der Waals surface area contributed by atoms with E-state index in [1.165, 1.54) is 13.0 Å². The van der Waals surface area contributed by atoms with Gasteiger partial charge in [0.2, 0.25) is 5.91 Å². The van der Waals surface area contributed by atoms with Gasteiger partial charge in [-0.1, -0.05) is 40.7 Å². The third-order valence-electron chi connectivity index (χ3n) is 1.93. The molecule has 4 heteroatoms. The zero-order valence-corrected chi connectivity index (χ0v) is 12.5. The van der Waals surface area contributed by atoms with Crippen LogP contribution in [0.5, 0.6) is 0 Å². The second-order valence-electron chi connectivity index (χ2n) is 3.43. The van der Waals surface area contributed by atoms with E-state index >= 15 is 0 Å². The molecule has 1 atom stereocenters. The van der Waals surface area contributed by atoms with Crippen LogP contribution in [-0.4, -0.2) is 29.4 Å². The summed E-state index contributed by atoms with van der Waals surface area (Å²) in [5, 5.41) is 11.2. The number of aliphatic hydroxyl groups excluding tert-OH is 1. The van der Waals surface area contributed by atoms with Gasteiger partial charge in [0, 0.05) is 6.04 Å². The van der Waals surface area contributed by atoms with Crippen molar-refractivity contribution in [3.05, 3.63) is 12.7 Å². The molecule has 0 saturated carbocycles. The molecule has 2 N–H and O–H groups in total. The zero-order valence-electron chi connectivity index (χ0n) is 12.5. The van der Waals surface area contributed by atoms with Crippen LogP contribution < -0.4 is 5.32 Å². The predicted molar refractivity (Wildman–Crippen MR) is 76.4 cm³/mol. The molecule has 0 radical (unpaired) electrons. The lowest BCUT2D eigenvalue weighted by molar-refractivity contribution is -0.124. The highest BCUT2D eigenvalue weighted by molar-refractivity contribution is 5.86. The fraction of sp³-hybridized carbons (Fsp3) is 0.714. The maximum Gasteiger partial charge on any atom is 0.245 e. The lowest BCUT2D eigenvalue weighted by atomic mass is 10.1. The van der Waals surface area contributed by atoms with Crippen LogP contribution in [0, 0.1) is 0 Å². The molecule has 0 bridgehead atoms. The van der Waals surface area contributed by atoms with Gasteiger partial charge in [-0.25, -0.2) is 0 Å². The summed E-state index contributed by atoms with van der Waals surface area (Å²) in [4.78, 5) is 20.4. The van der Waals surface area contributed by atoms with E-state index in [1.54, 1.807) is 0 Å². The van der Waals surface area contributed by atoms with Crippen LogP contribution in [0.1, 0.15) is 53.9 Å². The van der Waals surface area contributed by atoms with Gasteiger partial charge in [-0.05, 0) is 25.8 Å². The summed E-state index contributed by atoms with van der Waals surface area (Å²) in [6.07, 6.45) is 4.26. The van der Waals surface area contributed by atoms with Crippen molar-refractivity contribution in [2.45, 2.75) is 59.9 Å².